The van der Waals surface area contributed by atoms with Crippen LogP contribution in [-0.4, -0.2) is 50.7 Å². The van der Waals surface area contributed by atoms with E-state index in [-0.39, 0.29) is 19.6 Å². The fraction of sp³-hybridized carbons (Fsp3) is 0.333. The lowest BCUT2D eigenvalue weighted by Crippen LogP contribution is -2.45. The highest BCUT2D eigenvalue weighted by atomic mass is 16.5. The molecule has 9 nitrogen and oxygen atoms in total. The standard InChI is InChI=1S/C18H22N2O7/c1-25-16(22)10-6-9-14(17(23)26-2)20-15(21)11-19-18(24)27-12-13-7-4-3-5-8-13/h3-8,10,14H,9,11-12H2,1-2H3,(H,19,24)(H,20,21)/b10-6+/t14-/m0/s1. The predicted molar refractivity (Wildman–Crippen MR) is 94.3 cm³/mol. The van der Waals surface area contributed by atoms with Crippen molar-refractivity contribution in [3.8, 4) is 0 Å². The minimum absolute atomic E-state index is 0.0198. The van der Waals surface area contributed by atoms with Crippen molar-refractivity contribution in [1.82, 2.24) is 10.6 Å². The van der Waals surface area contributed by atoms with Crippen molar-refractivity contribution in [1.29, 1.82) is 0 Å². The van der Waals surface area contributed by atoms with Crippen molar-refractivity contribution in [2.75, 3.05) is 20.8 Å². The molecular formula is C18H22N2O7. The highest BCUT2D eigenvalue weighted by Gasteiger charge is 2.20. The highest BCUT2D eigenvalue weighted by Crippen LogP contribution is 2.00. The van der Waals surface area contributed by atoms with E-state index in [4.69, 9.17) is 4.74 Å². The smallest absolute Gasteiger partial charge is 0.407 e. The maximum absolute atomic E-state index is 11.9. The Kier molecular flexibility index (Phi) is 9.69. The molecule has 0 radical (unpaired) electrons. The maximum Gasteiger partial charge on any atom is 0.407 e. The van der Waals surface area contributed by atoms with Gasteiger partial charge in [-0.05, 0) is 12.0 Å². The molecule has 0 aromatic heterocycles. The lowest BCUT2D eigenvalue weighted by molar-refractivity contribution is -0.144. The number of alkyl carbamates (subject to hydrolysis) is 1. The van der Waals surface area contributed by atoms with Crippen molar-refractivity contribution < 1.29 is 33.4 Å². The molecule has 2 N–H and O–H groups in total. The summed E-state index contributed by atoms with van der Waals surface area (Å²) in [5, 5.41) is 4.68. The lowest BCUT2D eigenvalue weighted by Gasteiger charge is -2.15. The number of hydrogen-bond acceptors (Lipinski definition) is 7. The molecule has 0 heterocycles. The summed E-state index contributed by atoms with van der Waals surface area (Å²) in [5.74, 6) is -1.90. The summed E-state index contributed by atoms with van der Waals surface area (Å²) in [6.07, 6.45) is 1.75. The first kappa shape index (κ1) is 21.7. The van der Waals surface area contributed by atoms with Crippen LogP contribution < -0.4 is 10.6 Å². The molecule has 0 aliphatic carbocycles. The van der Waals surface area contributed by atoms with Crippen LogP contribution in [0.4, 0.5) is 4.79 Å². The van der Waals surface area contributed by atoms with Crippen LogP contribution in [0.25, 0.3) is 0 Å². The zero-order valence-electron chi connectivity index (χ0n) is 15.1. The van der Waals surface area contributed by atoms with Crippen LogP contribution in [0, 0.1) is 0 Å². The van der Waals surface area contributed by atoms with E-state index in [9.17, 15) is 19.2 Å². The molecule has 0 fully saturated rings. The number of nitrogens with one attached hydrogen (secondary N) is 2. The van der Waals surface area contributed by atoms with Crippen LogP contribution in [0.3, 0.4) is 0 Å². The molecular weight excluding hydrogens is 356 g/mol. The summed E-state index contributed by atoms with van der Waals surface area (Å²) >= 11 is 0. The van der Waals surface area contributed by atoms with E-state index >= 15 is 0 Å². The van der Waals surface area contributed by atoms with Gasteiger partial charge >= 0.3 is 18.0 Å². The van der Waals surface area contributed by atoms with Gasteiger partial charge in [0.2, 0.25) is 5.91 Å². The Labute approximate surface area is 156 Å². The minimum atomic E-state index is -1.01. The van der Waals surface area contributed by atoms with E-state index in [0.717, 1.165) is 11.6 Å². The van der Waals surface area contributed by atoms with Crippen LogP contribution in [0.1, 0.15) is 12.0 Å². The average Bonchev–Trinajstić information content (AvgIpc) is 2.69. The van der Waals surface area contributed by atoms with Crippen LogP contribution in [0.2, 0.25) is 0 Å². The zero-order chi connectivity index (χ0) is 20.1. The lowest BCUT2D eigenvalue weighted by atomic mass is 10.2. The maximum atomic E-state index is 11.9. The van der Waals surface area contributed by atoms with Gasteiger partial charge in [0.05, 0.1) is 14.2 Å². The van der Waals surface area contributed by atoms with Gasteiger partial charge in [-0.15, -0.1) is 0 Å². The second kappa shape index (κ2) is 12.1. The fourth-order valence-electron chi connectivity index (χ4n) is 1.90. The van der Waals surface area contributed by atoms with E-state index in [0.29, 0.717) is 0 Å². The average molecular weight is 378 g/mol. The molecule has 0 spiro atoms. The van der Waals surface area contributed by atoms with Gasteiger partial charge in [0.15, 0.2) is 0 Å². The first-order valence-corrected chi connectivity index (χ1v) is 8.02. The normalized spacial score (nSPS) is 11.3. The Morgan fingerprint density at radius 3 is 2.41 bits per heavy atom. The van der Waals surface area contributed by atoms with Gasteiger partial charge < -0.3 is 24.8 Å². The number of hydrogen-bond donors (Lipinski definition) is 2. The number of rotatable bonds is 9. The summed E-state index contributed by atoms with van der Waals surface area (Å²) in [6.45, 7) is -0.320. The SMILES string of the molecule is COC(=O)/C=C/C[C@H](NC(=O)CNC(=O)OCc1ccccc1)C(=O)OC. The second-order valence-electron chi connectivity index (χ2n) is 5.22. The van der Waals surface area contributed by atoms with Gasteiger partial charge in [-0.3, -0.25) is 4.79 Å². The van der Waals surface area contributed by atoms with Crippen LogP contribution in [0.15, 0.2) is 42.5 Å². The Balaban J connectivity index is 2.41. The van der Waals surface area contributed by atoms with E-state index in [2.05, 4.69) is 20.1 Å². The zero-order valence-corrected chi connectivity index (χ0v) is 15.1. The highest BCUT2D eigenvalue weighted by molar-refractivity contribution is 5.87. The third kappa shape index (κ3) is 9.05. The van der Waals surface area contributed by atoms with Crippen molar-refractivity contribution in [2.45, 2.75) is 19.1 Å². The predicted octanol–water partition coefficient (Wildman–Crippen LogP) is 0.690. The summed E-state index contributed by atoms with van der Waals surface area (Å²) < 4.78 is 14.0. The fourth-order valence-corrected chi connectivity index (χ4v) is 1.90. The van der Waals surface area contributed by atoms with E-state index in [1.807, 2.05) is 18.2 Å². The topological polar surface area (TPSA) is 120 Å². The van der Waals surface area contributed by atoms with Crippen molar-refractivity contribution in [2.24, 2.45) is 0 Å². The van der Waals surface area contributed by atoms with Gasteiger partial charge in [-0.2, -0.15) is 0 Å². The summed E-state index contributed by atoms with van der Waals surface area (Å²) in [6, 6.07) is 8.04. The van der Waals surface area contributed by atoms with Gasteiger partial charge in [-0.1, -0.05) is 36.4 Å². The van der Waals surface area contributed by atoms with Gasteiger partial charge in [0, 0.05) is 6.08 Å². The van der Waals surface area contributed by atoms with Crippen molar-refractivity contribution in [3.63, 3.8) is 0 Å². The molecule has 0 unspecified atom stereocenters. The molecule has 146 valence electrons. The number of benzene rings is 1. The largest absolute Gasteiger partial charge is 0.467 e. The number of ether oxygens (including phenoxy) is 3. The Bertz CT molecular complexity index is 674. The van der Waals surface area contributed by atoms with E-state index in [1.54, 1.807) is 12.1 Å². The molecule has 1 rings (SSSR count). The third-order valence-corrected chi connectivity index (χ3v) is 3.25. The molecule has 0 saturated heterocycles. The number of carbonyl (C=O) groups is 4. The number of esters is 2. The Morgan fingerprint density at radius 2 is 1.78 bits per heavy atom. The molecule has 0 aliphatic rings. The van der Waals surface area contributed by atoms with Gasteiger partial charge in [-0.25, -0.2) is 14.4 Å². The molecule has 1 aromatic rings. The minimum Gasteiger partial charge on any atom is -0.467 e. The van der Waals surface area contributed by atoms with Crippen LogP contribution >= 0.6 is 0 Å². The molecule has 1 aromatic carbocycles. The molecule has 0 bridgehead atoms. The van der Waals surface area contributed by atoms with E-state index < -0.39 is 30.0 Å². The molecule has 0 aliphatic heterocycles. The molecule has 2 amide bonds. The first-order valence-electron chi connectivity index (χ1n) is 8.02. The molecule has 0 saturated carbocycles. The number of carbonyl (C=O) groups excluding carboxylic acids is 4. The molecule has 27 heavy (non-hydrogen) atoms. The first-order chi connectivity index (χ1) is 13.0. The van der Waals surface area contributed by atoms with Gasteiger partial charge in [0.1, 0.15) is 19.2 Å². The summed E-state index contributed by atoms with van der Waals surface area (Å²) in [4.78, 5) is 46.2. The van der Waals surface area contributed by atoms with Crippen LogP contribution in [-0.2, 0) is 35.2 Å². The van der Waals surface area contributed by atoms with E-state index in [1.165, 1.54) is 20.3 Å². The van der Waals surface area contributed by atoms with Crippen molar-refractivity contribution in [3.05, 3.63) is 48.0 Å². The number of methoxy groups -OCH3 is 2. The molecule has 1 atom stereocenters. The molecule has 9 heteroatoms. The third-order valence-electron chi connectivity index (χ3n) is 3.25. The van der Waals surface area contributed by atoms with Crippen LogP contribution in [0.5, 0.6) is 0 Å². The quantitative estimate of drug-likeness (QED) is 0.368. The number of amides is 2. The Hall–Kier alpha value is -3.36. The van der Waals surface area contributed by atoms with Crippen molar-refractivity contribution >= 4 is 23.9 Å². The summed E-state index contributed by atoms with van der Waals surface area (Å²) in [7, 11) is 2.39. The monoisotopic (exact) mass is 378 g/mol. The van der Waals surface area contributed by atoms with Gasteiger partial charge in [0.25, 0.3) is 0 Å². The Morgan fingerprint density at radius 1 is 1.07 bits per heavy atom. The second-order valence-corrected chi connectivity index (χ2v) is 5.22. The summed E-state index contributed by atoms with van der Waals surface area (Å²) in [5.41, 5.74) is 0.806.